The highest BCUT2D eigenvalue weighted by molar-refractivity contribution is 7.99. The molecule has 0 atom stereocenters. The molecule has 0 unspecified atom stereocenters. The fraction of sp³-hybridized carbons (Fsp3) is 0.300. The Balaban J connectivity index is 1.99. The summed E-state index contributed by atoms with van der Waals surface area (Å²) in [5.74, 6) is 1.00. The van der Waals surface area contributed by atoms with E-state index in [-0.39, 0.29) is 5.43 Å². The molecule has 0 spiro atoms. The van der Waals surface area contributed by atoms with Crippen molar-refractivity contribution in [2.75, 3.05) is 5.75 Å². The molecule has 1 aromatic carbocycles. The maximum absolute atomic E-state index is 13.1. The van der Waals surface area contributed by atoms with Gasteiger partial charge in [0.2, 0.25) is 5.43 Å². The van der Waals surface area contributed by atoms with Gasteiger partial charge in [-0.3, -0.25) is 4.79 Å². The van der Waals surface area contributed by atoms with E-state index in [1.165, 1.54) is 11.1 Å². The minimum Gasteiger partial charge on any atom is -0.307 e. The lowest BCUT2D eigenvalue weighted by Crippen LogP contribution is -2.15. The number of imidazole rings is 1. The van der Waals surface area contributed by atoms with Gasteiger partial charge in [-0.1, -0.05) is 49.0 Å². The van der Waals surface area contributed by atoms with Crippen molar-refractivity contribution in [2.45, 2.75) is 37.9 Å². The van der Waals surface area contributed by atoms with Crippen LogP contribution >= 0.6 is 23.1 Å². The molecule has 3 aromatic rings. The highest BCUT2D eigenvalue weighted by Crippen LogP contribution is 2.38. The number of benzene rings is 1. The number of rotatable bonds is 5. The van der Waals surface area contributed by atoms with Crippen molar-refractivity contribution in [1.82, 2.24) is 9.55 Å². The van der Waals surface area contributed by atoms with E-state index in [1.54, 1.807) is 23.1 Å². The SMILES string of the molecule is C=CCn1c(SCCC)nc2c(=O)c3c(sc21)-c1ccccc1CC3. The topological polar surface area (TPSA) is 34.9 Å². The minimum atomic E-state index is 0.111. The van der Waals surface area contributed by atoms with E-state index in [0.717, 1.165) is 45.4 Å². The van der Waals surface area contributed by atoms with Gasteiger partial charge in [-0.05, 0) is 30.4 Å². The monoisotopic (exact) mass is 368 g/mol. The van der Waals surface area contributed by atoms with Crippen LogP contribution in [0.5, 0.6) is 0 Å². The van der Waals surface area contributed by atoms with E-state index in [9.17, 15) is 4.79 Å². The standard InChI is InChI=1S/C20H20N2OS2/c1-3-11-22-19-16(21-20(22)24-12-4-2)17(23)15-10-9-13-7-5-6-8-14(13)18(15)25-19/h3,5-8H,1,4,9-12H2,2H3. The van der Waals surface area contributed by atoms with Gasteiger partial charge in [0.1, 0.15) is 10.3 Å². The molecule has 2 aromatic heterocycles. The molecule has 25 heavy (non-hydrogen) atoms. The van der Waals surface area contributed by atoms with Gasteiger partial charge >= 0.3 is 0 Å². The number of aromatic nitrogens is 2. The molecular weight excluding hydrogens is 348 g/mol. The van der Waals surface area contributed by atoms with Crippen molar-refractivity contribution in [2.24, 2.45) is 0 Å². The van der Waals surface area contributed by atoms with Crippen LogP contribution in [-0.2, 0) is 19.4 Å². The summed E-state index contributed by atoms with van der Waals surface area (Å²) >= 11 is 3.43. The Morgan fingerprint density at radius 2 is 2.20 bits per heavy atom. The summed E-state index contributed by atoms with van der Waals surface area (Å²) in [6.45, 7) is 6.72. The first-order valence-corrected chi connectivity index (χ1v) is 10.4. The zero-order valence-corrected chi connectivity index (χ0v) is 15.9. The third kappa shape index (κ3) is 2.75. The molecule has 0 saturated heterocycles. The number of hydrogen-bond acceptors (Lipinski definition) is 4. The molecule has 0 saturated carbocycles. The quantitative estimate of drug-likeness (QED) is 0.474. The summed E-state index contributed by atoms with van der Waals surface area (Å²) in [5, 5.41) is 0.931. The normalized spacial score (nSPS) is 12.8. The first-order chi connectivity index (χ1) is 12.2. The second-order valence-electron chi connectivity index (χ2n) is 6.19. The Labute approximate surface area is 155 Å². The lowest BCUT2D eigenvalue weighted by Gasteiger charge is -2.18. The largest absolute Gasteiger partial charge is 0.307 e. The number of nitrogens with zero attached hydrogens (tertiary/aromatic N) is 2. The molecule has 1 aliphatic carbocycles. The summed E-state index contributed by atoms with van der Waals surface area (Å²) in [6.07, 6.45) is 4.70. The summed E-state index contributed by atoms with van der Waals surface area (Å²) in [5.41, 5.74) is 4.22. The van der Waals surface area contributed by atoms with Gasteiger partial charge in [0.25, 0.3) is 0 Å². The van der Waals surface area contributed by atoms with Crippen molar-refractivity contribution in [3.63, 3.8) is 0 Å². The van der Waals surface area contributed by atoms with Crippen LogP contribution in [0.1, 0.15) is 24.5 Å². The van der Waals surface area contributed by atoms with Crippen LogP contribution in [0.4, 0.5) is 0 Å². The zero-order chi connectivity index (χ0) is 17.4. The minimum absolute atomic E-state index is 0.111. The molecule has 0 amide bonds. The van der Waals surface area contributed by atoms with Crippen LogP contribution in [0, 0.1) is 0 Å². The molecule has 128 valence electrons. The van der Waals surface area contributed by atoms with Crippen LogP contribution in [0.15, 0.2) is 46.9 Å². The average molecular weight is 369 g/mol. The van der Waals surface area contributed by atoms with Crippen LogP contribution in [0.25, 0.3) is 20.8 Å². The zero-order valence-electron chi connectivity index (χ0n) is 14.2. The first-order valence-electron chi connectivity index (χ1n) is 8.62. The van der Waals surface area contributed by atoms with E-state index in [0.29, 0.717) is 12.1 Å². The smallest absolute Gasteiger partial charge is 0.211 e. The maximum atomic E-state index is 13.1. The first kappa shape index (κ1) is 16.6. The van der Waals surface area contributed by atoms with Crippen LogP contribution in [-0.4, -0.2) is 15.3 Å². The fourth-order valence-electron chi connectivity index (χ4n) is 3.33. The summed E-state index contributed by atoms with van der Waals surface area (Å²) in [7, 11) is 0. The molecule has 0 aliphatic heterocycles. The van der Waals surface area contributed by atoms with Crippen molar-refractivity contribution < 1.29 is 0 Å². The second-order valence-corrected chi connectivity index (χ2v) is 8.25. The van der Waals surface area contributed by atoms with E-state index >= 15 is 0 Å². The number of hydrogen-bond donors (Lipinski definition) is 0. The van der Waals surface area contributed by atoms with E-state index < -0.39 is 0 Å². The highest BCUT2D eigenvalue weighted by atomic mass is 32.2. The lowest BCUT2D eigenvalue weighted by molar-refractivity contribution is 0.752. The number of thioether (sulfide) groups is 1. The number of allylic oxidation sites excluding steroid dienone is 1. The average Bonchev–Trinajstić information content (AvgIpc) is 2.98. The maximum Gasteiger partial charge on any atom is 0.211 e. The van der Waals surface area contributed by atoms with Crippen molar-refractivity contribution in [3.05, 3.63) is 58.3 Å². The van der Waals surface area contributed by atoms with Gasteiger partial charge in [0.05, 0.1) is 0 Å². The molecular formula is C20H20N2OS2. The highest BCUT2D eigenvalue weighted by Gasteiger charge is 2.24. The van der Waals surface area contributed by atoms with Crippen LogP contribution < -0.4 is 5.43 Å². The van der Waals surface area contributed by atoms with Gasteiger partial charge in [0.15, 0.2) is 5.16 Å². The van der Waals surface area contributed by atoms with Gasteiger partial charge < -0.3 is 4.57 Å². The molecule has 0 fully saturated rings. The van der Waals surface area contributed by atoms with Gasteiger partial charge in [-0.25, -0.2) is 4.98 Å². The van der Waals surface area contributed by atoms with Gasteiger partial charge in [-0.15, -0.1) is 17.9 Å². The molecule has 0 N–H and O–H groups in total. The lowest BCUT2D eigenvalue weighted by atomic mass is 9.91. The van der Waals surface area contributed by atoms with Crippen molar-refractivity contribution in [1.29, 1.82) is 0 Å². The number of aryl methyl sites for hydroxylation is 1. The van der Waals surface area contributed by atoms with Gasteiger partial charge in [0, 0.05) is 22.7 Å². The second kappa shape index (κ2) is 6.81. The van der Waals surface area contributed by atoms with Crippen molar-refractivity contribution >= 4 is 33.4 Å². The summed E-state index contributed by atoms with van der Waals surface area (Å²) in [6, 6.07) is 8.44. The molecule has 0 radical (unpaired) electrons. The Kier molecular flexibility index (Phi) is 4.52. The van der Waals surface area contributed by atoms with Crippen LogP contribution in [0.2, 0.25) is 0 Å². The molecule has 0 bridgehead atoms. The van der Waals surface area contributed by atoms with Crippen LogP contribution in [0.3, 0.4) is 0 Å². The third-order valence-electron chi connectivity index (χ3n) is 4.50. The Bertz CT molecular complexity index is 1020. The van der Waals surface area contributed by atoms with Crippen molar-refractivity contribution in [3.8, 4) is 10.4 Å². The van der Waals surface area contributed by atoms with Gasteiger partial charge in [-0.2, -0.15) is 0 Å². The third-order valence-corrected chi connectivity index (χ3v) is 6.96. The summed E-state index contributed by atoms with van der Waals surface area (Å²) < 4.78 is 2.15. The predicted octanol–water partition coefficient (Wildman–Crippen LogP) is 4.91. The molecule has 4 rings (SSSR count). The molecule has 2 heterocycles. The Hall–Kier alpha value is -1.85. The molecule has 5 heteroatoms. The number of fused-ring (bicyclic) bond motifs is 4. The van der Waals surface area contributed by atoms with E-state index in [4.69, 9.17) is 4.98 Å². The Morgan fingerprint density at radius 3 is 3.00 bits per heavy atom. The predicted molar refractivity (Wildman–Crippen MR) is 108 cm³/mol. The van der Waals surface area contributed by atoms with E-state index in [1.807, 2.05) is 6.08 Å². The molecule has 1 aliphatic rings. The Morgan fingerprint density at radius 1 is 1.36 bits per heavy atom. The fourth-order valence-corrected chi connectivity index (χ4v) is 5.58. The van der Waals surface area contributed by atoms with E-state index in [2.05, 4.69) is 42.3 Å². The summed E-state index contributed by atoms with van der Waals surface area (Å²) in [4.78, 5) is 19.9. The molecule has 3 nitrogen and oxygen atoms in total.